The van der Waals surface area contributed by atoms with Gasteiger partial charge in [-0.05, 0) is 91.8 Å². The van der Waals surface area contributed by atoms with E-state index in [1.807, 2.05) is 0 Å². The summed E-state index contributed by atoms with van der Waals surface area (Å²) < 4.78 is 159. The first-order valence-electron chi connectivity index (χ1n) is 14.1. The number of alkyl halides is 3. The molecule has 0 aromatic heterocycles. The van der Waals surface area contributed by atoms with E-state index in [4.69, 9.17) is 8.92 Å². The predicted octanol–water partition coefficient (Wildman–Crippen LogP) is 5.65. The van der Waals surface area contributed by atoms with Crippen LogP contribution < -0.4 is 9.46 Å². The van der Waals surface area contributed by atoms with Crippen LogP contribution in [-0.4, -0.2) is 50.5 Å². The first kappa shape index (κ1) is 46.0. The number of halogens is 5. The quantitative estimate of drug-likeness (QED) is 0.183. The Morgan fingerprint density at radius 3 is 2.02 bits per heavy atom. The lowest BCUT2D eigenvalue weighted by Crippen LogP contribution is -2.47. The molecule has 50 heavy (non-hydrogen) atoms. The molecule has 0 amide bonds. The van der Waals surface area contributed by atoms with Gasteiger partial charge in [0.25, 0.3) is 10.1 Å². The van der Waals surface area contributed by atoms with E-state index in [-0.39, 0.29) is 59.9 Å². The van der Waals surface area contributed by atoms with E-state index < -0.39 is 99.2 Å². The fourth-order valence-corrected chi connectivity index (χ4v) is 9.81. The van der Waals surface area contributed by atoms with E-state index in [2.05, 4.69) is 4.72 Å². The summed E-state index contributed by atoms with van der Waals surface area (Å²) in [6.07, 6.45) is -7.14. The molecule has 0 unspecified atom stereocenters. The number of ether oxygens (including phenoxy) is 1. The van der Waals surface area contributed by atoms with Crippen molar-refractivity contribution in [2.75, 3.05) is 19.1 Å². The van der Waals surface area contributed by atoms with Gasteiger partial charge in [-0.15, -0.1) is 0 Å². The predicted molar refractivity (Wildman–Crippen MR) is 193 cm³/mol. The average Bonchev–Trinajstić information content (AvgIpc) is 3.00. The van der Waals surface area contributed by atoms with Gasteiger partial charge in [0.2, 0.25) is 10.0 Å². The maximum absolute atomic E-state index is 15.4. The summed E-state index contributed by atoms with van der Waals surface area (Å²) in [5.74, 6) is -3.37. The summed E-state index contributed by atoms with van der Waals surface area (Å²) in [6, 6.07) is 11.1. The van der Waals surface area contributed by atoms with E-state index in [0.717, 1.165) is 12.3 Å². The van der Waals surface area contributed by atoms with Crippen LogP contribution in [0.25, 0.3) is 0 Å². The molecule has 20 heteroatoms. The number of sulfone groups is 1. The molecule has 9 nitrogen and oxygen atoms in total. The number of nitrogens with one attached hydrogen (secondary N) is 1. The molecular formula is C30H38F5NO8S6. The minimum atomic E-state index is -4.84. The highest BCUT2D eigenvalue weighted by Gasteiger charge is 2.54. The summed E-state index contributed by atoms with van der Waals surface area (Å²) in [6.45, 7) is -0.110. The van der Waals surface area contributed by atoms with Crippen LogP contribution in [0.3, 0.4) is 0 Å². The van der Waals surface area contributed by atoms with Crippen LogP contribution in [0.1, 0.15) is 42.4 Å². The van der Waals surface area contributed by atoms with Crippen molar-refractivity contribution < 1.29 is 56.1 Å². The number of rotatable bonds is 12. The highest BCUT2D eigenvalue weighted by atomic mass is 32.2. The van der Waals surface area contributed by atoms with Crippen molar-refractivity contribution in [3.05, 3.63) is 95.1 Å². The third-order valence-corrected chi connectivity index (χ3v) is 12.6. The molecule has 4 rings (SSSR count). The zero-order valence-electron chi connectivity index (χ0n) is 26.6. The summed E-state index contributed by atoms with van der Waals surface area (Å²) >= 11 is 0. The van der Waals surface area contributed by atoms with Gasteiger partial charge in [-0.3, -0.25) is 4.18 Å². The fraction of sp³-hybridized carbons (Fsp3) is 0.400. The molecule has 3 aromatic carbocycles. The first-order valence-corrected chi connectivity index (χ1v) is 19.1. The minimum Gasteiger partial charge on any atom is -0.497 e. The van der Waals surface area contributed by atoms with Crippen molar-refractivity contribution >= 4 is 70.5 Å². The maximum atomic E-state index is 15.4. The summed E-state index contributed by atoms with van der Waals surface area (Å²) in [4.78, 5) is -0.621. The van der Waals surface area contributed by atoms with Crippen molar-refractivity contribution in [3.63, 3.8) is 0 Å². The summed E-state index contributed by atoms with van der Waals surface area (Å²) in [7, 11) is -11.6. The third kappa shape index (κ3) is 11.0. The lowest BCUT2D eigenvalue weighted by molar-refractivity contribution is -0.137. The molecule has 1 aliphatic rings. The second-order valence-electron chi connectivity index (χ2n) is 11.3. The van der Waals surface area contributed by atoms with Gasteiger partial charge in [-0.1, -0.05) is 12.1 Å². The van der Waals surface area contributed by atoms with Crippen molar-refractivity contribution in [2.24, 2.45) is 5.92 Å². The molecular weight excluding hydrogens is 790 g/mol. The molecule has 282 valence electrons. The SMILES string of the molecule is COc1ccc(CNS(=O)(=O)CC[C@H]2C[C@@](c3cc(F)ccc3F)(S(=O)(=O)c3ccc(C(F)(F)F)cc3)CC[C@@H]2OS(C)(=O)=O)cc1.S.S.S. The van der Waals surface area contributed by atoms with Crippen LogP contribution in [0.4, 0.5) is 22.0 Å². The van der Waals surface area contributed by atoms with Gasteiger partial charge in [0.05, 0.1) is 35.7 Å². The lowest BCUT2D eigenvalue weighted by Gasteiger charge is -2.44. The van der Waals surface area contributed by atoms with Crippen molar-refractivity contribution in [3.8, 4) is 5.75 Å². The van der Waals surface area contributed by atoms with Crippen LogP contribution in [0.15, 0.2) is 71.6 Å². The van der Waals surface area contributed by atoms with E-state index in [9.17, 15) is 42.8 Å². The van der Waals surface area contributed by atoms with Gasteiger partial charge in [0, 0.05) is 12.1 Å². The molecule has 0 aliphatic heterocycles. The van der Waals surface area contributed by atoms with E-state index in [0.29, 0.717) is 47.7 Å². The van der Waals surface area contributed by atoms with Crippen molar-refractivity contribution in [2.45, 2.75) is 54.2 Å². The number of hydrogen-bond donors (Lipinski definition) is 1. The van der Waals surface area contributed by atoms with Crippen LogP contribution in [0.2, 0.25) is 0 Å². The topological polar surface area (TPSA) is 133 Å². The largest absolute Gasteiger partial charge is 0.497 e. The second-order valence-corrected chi connectivity index (χ2v) is 17.0. The number of benzene rings is 3. The number of methoxy groups -OCH3 is 1. The monoisotopic (exact) mass is 827 g/mol. The standard InChI is InChI=1S/C30H32F5NO8S3.3H2S/c1-43-24-8-3-20(4-9-24)19-36-46(39,40)16-14-21-18-29(15-13-28(21)44-45(2,37)38,26-17-23(31)7-12-27(26)32)47(41,42)25-10-5-22(6-11-25)30(33,34)35;;;/h3-12,17,21,28,36H,13-16,18-19H2,1-2H3;3*1H2/t21-,28-,29-;;;/m0.../s1. The second kappa shape index (κ2) is 17.6. The van der Waals surface area contributed by atoms with Crippen molar-refractivity contribution in [1.82, 2.24) is 4.72 Å². The average molecular weight is 828 g/mol. The number of sulfonamides is 1. The summed E-state index contributed by atoms with van der Waals surface area (Å²) in [5.41, 5.74) is -1.17. The van der Waals surface area contributed by atoms with Gasteiger partial charge in [0.15, 0.2) is 9.84 Å². The lowest BCUT2D eigenvalue weighted by atomic mass is 9.74. The van der Waals surface area contributed by atoms with E-state index in [1.165, 1.54) is 7.11 Å². The first-order chi connectivity index (χ1) is 21.8. The molecule has 1 N–H and O–H groups in total. The van der Waals surface area contributed by atoms with Crippen LogP contribution in [-0.2, 0) is 51.6 Å². The van der Waals surface area contributed by atoms with Gasteiger partial charge in [0.1, 0.15) is 22.1 Å². The Bertz CT molecular complexity index is 1910. The Kier molecular flexibility index (Phi) is 16.2. The zero-order chi connectivity index (χ0) is 34.8. The molecule has 1 saturated carbocycles. The molecule has 1 fully saturated rings. The highest BCUT2D eigenvalue weighted by molar-refractivity contribution is 7.92. The molecule has 0 saturated heterocycles. The molecule has 0 bridgehead atoms. The van der Waals surface area contributed by atoms with E-state index in [1.54, 1.807) is 24.3 Å². The molecule has 0 radical (unpaired) electrons. The third-order valence-electron chi connectivity index (χ3n) is 8.09. The molecule has 0 spiro atoms. The Hall–Kier alpha value is -2.07. The highest BCUT2D eigenvalue weighted by Crippen LogP contribution is 2.51. The van der Waals surface area contributed by atoms with Crippen LogP contribution in [0, 0.1) is 17.6 Å². The zero-order valence-corrected chi connectivity index (χ0v) is 32.1. The van der Waals surface area contributed by atoms with E-state index >= 15 is 4.39 Å². The smallest absolute Gasteiger partial charge is 0.416 e. The van der Waals surface area contributed by atoms with Crippen LogP contribution in [0.5, 0.6) is 5.75 Å². The normalized spacial score (nSPS) is 19.7. The molecule has 3 aromatic rings. The molecule has 1 aliphatic carbocycles. The molecule has 3 atom stereocenters. The Labute approximate surface area is 309 Å². The Morgan fingerprint density at radius 1 is 0.880 bits per heavy atom. The van der Waals surface area contributed by atoms with Gasteiger partial charge in [-0.2, -0.15) is 62.1 Å². The van der Waals surface area contributed by atoms with Crippen LogP contribution >= 0.6 is 40.5 Å². The molecule has 0 heterocycles. The summed E-state index contributed by atoms with van der Waals surface area (Å²) in [5, 5.41) is 0. The Balaban J connectivity index is 0.00000417. The maximum Gasteiger partial charge on any atom is 0.416 e. The van der Waals surface area contributed by atoms with Gasteiger partial charge >= 0.3 is 6.18 Å². The van der Waals surface area contributed by atoms with Crippen molar-refractivity contribution in [1.29, 1.82) is 0 Å². The van der Waals surface area contributed by atoms with Gasteiger partial charge in [-0.25, -0.2) is 30.3 Å². The Morgan fingerprint density at radius 2 is 1.48 bits per heavy atom. The minimum absolute atomic E-state index is 0. The van der Waals surface area contributed by atoms with Gasteiger partial charge < -0.3 is 4.74 Å². The number of hydrogen-bond acceptors (Lipinski definition) is 8. The fourth-order valence-electron chi connectivity index (χ4n) is 5.75.